The molecule has 1 aromatic heterocycles. The van der Waals surface area contributed by atoms with Gasteiger partial charge in [0.2, 0.25) is 11.8 Å². The number of hydrogen-bond acceptors (Lipinski definition) is 7. The largest absolute Gasteiger partial charge is 0.496 e. The molecule has 0 spiro atoms. The number of amides is 2. The first-order valence-corrected chi connectivity index (χ1v) is 11.4. The fourth-order valence-corrected chi connectivity index (χ4v) is 4.50. The molecule has 0 saturated carbocycles. The summed E-state index contributed by atoms with van der Waals surface area (Å²) in [4.78, 5) is 35.4. The molecule has 4 rings (SSSR count). The van der Waals surface area contributed by atoms with Gasteiger partial charge < -0.3 is 28.6 Å². The summed E-state index contributed by atoms with van der Waals surface area (Å²) >= 11 is 0. The third-order valence-electron chi connectivity index (χ3n) is 6.12. The van der Waals surface area contributed by atoms with E-state index < -0.39 is 0 Å². The Hall–Kier alpha value is -3.07. The van der Waals surface area contributed by atoms with Gasteiger partial charge in [-0.15, -0.1) is 0 Å². The quantitative estimate of drug-likeness (QED) is 0.682. The summed E-state index contributed by atoms with van der Waals surface area (Å²) in [7, 11) is 1.62. The number of nitrogens with zero attached hydrogens (tertiary/aromatic N) is 4. The number of anilines is 1. The van der Waals surface area contributed by atoms with Gasteiger partial charge in [0.05, 0.1) is 37.6 Å². The van der Waals surface area contributed by atoms with E-state index in [9.17, 15) is 9.59 Å². The second kappa shape index (κ2) is 9.82. The highest BCUT2D eigenvalue weighted by molar-refractivity contribution is 5.85. The Bertz CT molecular complexity index is 996. The molecule has 9 heteroatoms. The van der Waals surface area contributed by atoms with Crippen LogP contribution in [0.25, 0.3) is 11.3 Å². The number of aromatic nitrogens is 1. The van der Waals surface area contributed by atoms with Crippen LogP contribution in [-0.2, 0) is 14.3 Å². The van der Waals surface area contributed by atoms with Gasteiger partial charge in [-0.2, -0.15) is 0 Å². The molecule has 3 heterocycles. The van der Waals surface area contributed by atoms with Gasteiger partial charge in [0.25, 0.3) is 0 Å². The second-order valence-electron chi connectivity index (χ2n) is 8.74. The first-order valence-electron chi connectivity index (χ1n) is 11.4. The SMILES string of the molecule is COc1cc(N2CCC(=O)N(CC(=O)N3CC(C)O[C@@H](C)C3)CC2)ccc1-c1cnc(C)o1. The van der Waals surface area contributed by atoms with Gasteiger partial charge in [0.15, 0.2) is 11.7 Å². The number of aryl methyl sites for hydroxylation is 1. The molecule has 33 heavy (non-hydrogen) atoms. The molecule has 9 nitrogen and oxygen atoms in total. The predicted molar refractivity (Wildman–Crippen MR) is 123 cm³/mol. The molecule has 1 unspecified atom stereocenters. The number of benzene rings is 1. The zero-order valence-corrected chi connectivity index (χ0v) is 19.7. The highest BCUT2D eigenvalue weighted by atomic mass is 16.5. The lowest BCUT2D eigenvalue weighted by Crippen LogP contribution is -2.51. The Balaban J connectivity index is 1.42. The molecule has 178 valence electrons. The maximum Gasteiger partial charge on any atom is 0.242 e. The normalized spacial score (nSPS) is 21.8. The van der Waals surface area contributed by atoms with Gasteiger partial charge in [-0.05, 0) is 26.0 Å². The van der Waals surface area contributed by atoms with Crippen molar-refractivity contribution >= 4 is 17.5 Å². The van der Waals surface area contributed by atoms with Gasteiger partial charge in [0.1, 0.15) is 5.75 Å². The van der Waals surface area contributed by atoms with Crippen molar-refractivity contribution in [3.63, 3.8) is 0 Å². The molecule has 2 aliphatic rings. The van der Waals surface area contributed by atoms with Crippen molar-refractivity contribution in [3.8, 4) is 17.1 Å². The van der Waals surface area contributed by atoms with E-state index in [4.69, 9.17) is 13.9 Å². The average Bonchev–Trinajstić information content (AvgIpc) is 3.14. The van der Waals surface area contributed by atoms with Crippen molar-refractivity contribution in [2.24, 2.45) is 0 Å². The molecular formula is C24H32N4O5. The van der Waals surface area contributed by atoms with E-state index in [1.807, 2.05) is 36.9 Å². The number of morpholine rings is 1. The lowest BCUT2D eigenvalue weighted by molar-refractivity contribution is -0.148. The van der Waals surface area contributed by atoms with Crippen LogP contribution in [0.1, 0.15) is 26.2 Å². The fraction of sp³-hybridized carbons (Fsp3) is 0.542. The third kappa shape index (κ3) is 5.30. The topological polar surface area (TPSA) is 88.4 Å². The van der Waals surface area contributed by atoms with Crippen LogP contribution in [-0.4, -0.2) is 85.2 Å². The minimum atomic E-state index is -0.0211. The van der Waals surface area contributed by atoms with E-state index in [2.05, 4.69) is 9.88 Å². The summed E-state index contributed by atoms with van der Waals surface area (Å²) in [5.41, 5.74) is 1.79. The first-order chi connectivity index (χ1) is 15.8. The van der Waals surface area contributed by atoms with Gasteiger partial charge in [-0.25, -0.2) is 4.98 Å². The number of carbonyl (C=O) groups is 2. The van der Waals surface area contributed by atoms with Gasteiger partial charge in [0, 0.05) is 57.8 Å². The third-order valence-corrected chi connectivity index (χ3v) is 6.12. The summed E-state index contributed by atoms with van der Waals surface area (Å²) in [6.07, 6.45) is 2.05. The minimum Gasteiger partial charge on any atom is -0.496 e. The van der Waals surface area contributed by atoms with E-state index in [-0.39, 0.29) is 30.6 Å². The molecule has 2 aliphatic heterocycles. The Morgan fingerprint density at radius 3 is 2.61 bits per heavy atom. The Morgan fingerprint density at radius 1 is 1.18 bits per heavy atom. The van der Waals surface area contributed by atoms with Crippen LogP contribution in [0.2, 0.25) is 0 Å². The molecule has 0 bridgehead atoms. The summed E-state index contributed by atoms with van der Waals surface area (Å²) in [6.45, 7) is 8.68. The van der Waals surface area contributed by atoms with E-state index in [0.29, 0.717) is 56.5 Å². The van der Waals surface area contributed by atoms with Crippen LogP contribution in [0.3, 0.4) is 0 Å². The zero-order valence-electron chi connectivity index (χ0n) is 19.7. The lowest BCUT2D eigenvalue weighted by atomic mass is 10.1. The van der Waals surface area contributed by atoms with Gasteiger partial charge in [-0.1, -0.05) is 0 Å². The maximum absolute atomic E-state index is 12.9. The summed E-state index contributed by atoms with van der Waals surface area (Å²) in [5, 5.41) is 0. The number of oxazole rings is 1. The lowest BCUT2D eigenvalue weighted by Gasteiger charge is -2.36. The highest BCUT2D eigenvalue weighted by Gasteiger charge is 2.29. The summed E-state index contributed by atoms with van der Waals surface area (Å²) < 4.78 is 17.0. The standard InChI is InChI=1S/C24H32N4O5/c1-16-13-28(14-17(2)32-16)24(30)15-27-10-9-26(8-7-23(27)29)19-5-6-20(21(11-19)31-4)22-12-25-18(3)33-22/h5-6,11-12,16-17H,7-10,13-15H2,1-4H3/t16-,17?/m0/s1. The number of hydrogen-bond donors (Lipinski definition) is 0. The Labute approximate surface area is 194 Å². The molecular weight excluding hydrogens is 424 g/mol. The van der Waals surface area contributed by atoms with Gasteiger partial charge >= 0.3 is 0 Å². The van der Waals surface area contributed by atoms with Crippen LogP contribution in [0.4, 0.5) is 5.69 Å². The van der Waals surface area contributed by atoms with Crippen LogP contribution in [0.5, 0.6) is 5.75 Å². The Morgan fingerprint density at radius 2 is 1.94 bits per heavy atom. The second-order valence-corrected chi connectivity index (χ2v) is 8.74. The molecule has 2 atom stereocenters. The maximum atomic E-state index is 12.9. The van der Waals surface area contributed by atoms with E-state index in [1.165, 1.54) is 0 Å². The van der Waals surface area contributed by atoms with E-state index in [1.54, 1.807) is 25.1 Å². The molecule has 2 saturated heterocycles. The zero-order chi connectivity index (χ0) is 23.5. The first kappa shape index (κ1) is 23.1. The van der Waals surface area contributed by atoms with Crippen LogP contribution < -0.4 is 9.64 Å². The monoisotopic (exact) mass is 456 g/mol. The predicted octanol–water partition coefficient (Wildman–Crippen LogP) is 2.33. The van der Waals surface area contributed by atoms with Crippen molar-refractivity contribution in [3.05, 3.63) is 30.3 Å². The molecule has 0 aliphatic carbocycles. The van der Waals surface area contributed by atoms with E-state index >= 15 is 0 Å². The number of rotatable bonds is 5. The molecule has 1 aromatic carbocycles. The highest BCUT2D eigenvalue weighted by Crippen LogP contribution is 2.34. The van der Waals surface area contributed by atoms with Gasteiger partial charge in [-0.3, -0.25) is 9.59 Å². The van der Waals surface area contributed by atoms with Crippen LogP contribution in [0.15, 0.2) is 28.8 Å². The van der Waals surface area contributed by atoms with Crippen LogP contribution in [0, 0.1) is 6.92 Å². The fourth-order valence-electron chi connectivity index (χ4n) is 4.50. The van der Waals surface area contributed by atoms with Crippen LogP contribution >= 0.6 is 0 Å². The smallest absolute Gasteiger partial charge is 0.242 e. The average molecular weight is 457 g/mol. The van der Waals surface area contributed by atoms with E-state index in [0.717, 1.165) is 11.3 Å². The molecule has 0 radical (unpaired) electrons. The minimum absolute atomic E-state index is 0.000858. The summed E-state index contributed by atoms with van der Waals surface area (Å²) in [6, 6.07) is 5.90. The van der Waals surface area contributed by atoms with Crippen molar-refractivity contribution in [1.29, 1.82) is 0 Å². The van der Waals surface area contributed by atoms with Crippen molar-refractivity contribution in [2.45, 2.75) is 39.4 Å². The van der Waals surface area contributed by atoms with Crippen molar-refractivity contribution in [2.75, 3.05) is 51.3 Å². The molecule has 0 N–H and O–H groups in total. The molecule has 2 aromatic rings. The van der Waals surface area contributed by atoms with Crippen molar-refractivity contribution < 1.29 is 23.5 Å². The Kier molecular flexibility index (Phi) is 6.88. The molecule has 2 amide bonds. The molecule has 2 fully saturated rings. The van der Waals surface area contributed by atoms with Crippen molar-refractivity contribution in [1.82, 2.24) is 14.8 Å². The number of methoxy groups -OCH3 is 1. The number of carbonyl (C=O) groups excluding carboxylic acids is 2. The summed E-state index contributed by atoms with van der Waals surface area (Å²) in [5.74, 6) is 1.91. The number of ether oxygens (including phenoxy) is 2.